The second kappa shape index (κ2) is 6.88. The van der Waals surface area contributed by atoms with Crippen LogP contribution in [0.2, 0.25) is 0 Å². The molecule has 0 atom stereocenters. The Morgan fingerprint density at radius 3 is 2.58 bits per heavy atom. The fraction of sp³-hybridized carbons (Fsp3) is 0.133. The number of alkyl halides is 3. The zero-order valence-electron chi connectivity index (χ0n) is 12.3. The van der Waals surface area contributed by atoms with Crippen LogP contribution >= 0.6 is 11.6 Å². The third kappa shape index (κ3) is 4.23. The monoisotopic (exact) mass is 357 g/mol. The number of nitrogens with one attached hydrogen (secondary N) is 1. The van der Waals surface area contributed by atoms with Gasteiger partial charge in [0.2, 0.25) is 0 Å². The number of aryl methyl sites for hydroxylation is 1. The van der Waals surface area contributed by atoms with E-state index < -0.39 is 16.7 Å². The summed E-state index contributed by atoms with van der Waals surface area (Å²) < 4.78 is 38.1. The van der Waals surface area contributed by atoms with Crippen molar-refractivity contribution in [2.24, 2.45) is 5.10 Å². The van der Waals surface area contributed by atoms with E-state index in [9.17, 15) is 23.3 Å². The topological polar surface area (TPSA) is 67.5 Å². The summed E-state index contributed by atoms with van der Waals surface area (Å²) in [5, 5.41) is 14.5. The number of nitro benzene ring substituents is 1. The number of nitro groups is 1. The number of hydrogen-bond acceptors (Lipinski definition) is 4. The van der Waals surface area contributed by atoms with E-state index >= 15 is 0 Å². The number of hydrogen-bond donors (Lipinski definition) is 1. The number of benzene rings is 2. The van der Waals surface area contributed by atoms with Gasteiger partial charge in [0, 0.05) is 11.6 Å². The highest BCUT2D eigenvalue weighted by Crippen LogP contribution is 2.30. The largest absolute Gasteiger partial charge is 0.416 e. The van der Waals surface area contributed by atoms with Gasteiger partial charge in [-0.2, -0.15) is 18.3 Å². The van der Waals surface area contributed by atoms with Crippen LogP contribution in [0.1, 0.15) is 16.7 Å². The Hall–Kier alpha value is -2.61. The van der Waals surface area contributed by atoms with Gasteiger partial charge >= 0.3 is 6.18 Å². The lowest BCUT2D eigenvalue weighted by atomic mass is 10.1. The number of rotatable bonds is 4. The highest BCUT2D eigenvalue weighted by molar-refractivity contribution is 6.69. The molecule has 0 aliphatic rings. The van der Waals surface area contributed by atoms with Crippen LogP contribution in [0.5, 0.6) is 0 Å². The number of halogens is 4. The van der Waals surface area contributed by atoms with Crippen molar-refractivity contribution in [1.82, 2.24) is 0 Å². The van der Waals surface area contributed by atoms with E-state index in [2.05, 4.69) is 10.5 Å². The Kier molecular flexibility index (Phi) is 5.08. The van der Waals surface area contributed by atoms with Gasteiger partial charge in [-0.3, -0.25) is 15.5 Å². The minimum Gasteiger partial charge on any atom is -0.270 e. The van der Waals surface area contributed by atoms with Gasteiger partial charge in [-0.05, 0) is 30.7 Å². The molecule has 0 spiro atoms. The maximum atomic E-state index is 12.7. The summed E-state index contributed by atoms with van der Waals surface area (Å²) >= 11 is 5.89. The van der Waals surface area contributed by atoms with Gasteiger partial charge in [-0.25, -0.2) is 0 Å². The average Bonchev–Trinajstić information content (AvgIpc) is 2.52. The smallest absolute Gasteiger partial charge is 0.270 e. The average molecular weight is 358 g/mol. The highest BCUT2D eigenvalue weighted by atomic mass is 35.5. The summed E-state index contributed by atoms with van der Waals surface area (Å²) in [7, 11) is 0. The molecule has 9 heteroatoms. The molecule has 2 rings (SSSR count). The van der Waals surface area contributed by atoms with E-state index in [1.165, 1.54) is 24.3 Å². The molecule has 0 aliphatic heterocycles. The molecule has 0 saturated carbocycles. The van der Waals surface area contributed by atoms with E-state index in [1.54, 1.807) is 13.0 Å². The normalized spacial score (nSPS) is 12.1. The van der Waals surface area contributed by atoms with Crippen LogP contribution in [0.25, 0.3) is 0 Å². The van der Waals surface area contributed by atoms with Gasteiger partial charge in [0.05, 0.1) is 10.5 Å². The Labute approximate surface area is 139 Å². The van der Waals surface area contributed by atoms with E-state index in [1.807, 2.05) is 0 Å². The van der Waals surface area contributed by atoms with Crippen LogP contribution in [-0.2, 0) is 6.18 Å². The van der Waals surface area contributed by atoms with Crippen molar-refractivity contribution in [2.45, 2.75) is 13.1 Å². The summed E-state index contributed by atoms with van der Waals surface area (Å²) in [6.45, 7) is 1.69. The minimum atomic E-state index is -4.50. The summed E-state index contributed by atoms with van der Waals surface area (Å²) in [6, 6.07) is 8.71. The van der Waals surface area contributed by atoms with Crippen LogP contribution in [0.3, 0.4) is 0 Å². The lowest BCUT2D eigenvalue weighted by molar-refractivity contribution is -0.384. The number of nitrogens with zero attached hydrogens (tertiary/aromatic N) is 2. The van der Waals surface area contributed by atoms with Crippen molar-refractivity contribution in [1.29, 1.82) is 0 Å². The molecule has 0 saturated heterocycles. The fourth-order valence-electron chi connectivity index (χ4n) is 1.88. The molecule has 0 aromatic heterocycles. The molecule has 5 nitrogen and oxygen atoms in total. The predicted octanol–water partition coefficient (Wildman–Crippen LogP) is 4.93. The van der Waals surface area contributed by atoms with Crippen LogP contribution in [0, 0.1) is 17.0 Å². The summed E-state index contributed by atoms with van der Waals surface area (Å²) in [5.41, 5.74) is 2.13. The molecular formula is C15H11ClF3N3O2. The standard InChI is InChI=1S/C15H11ClF3N3O2/c1-9-5-6-12(13(7-9)22(23)24)20-21-14(16)10-3-2-4-11(8-10)15(17,18)19/h2-8,20H,1H3. The predicted molar refractivity (Wildman–Crippen MR) is 85.3 cm³/mol. The van der Waals surface area contributed by atoms with Crippen molar-refractivity contribution in [3.8, 4) is 0 Å². The van der Waals surface area contributed by atoms with Crippen LogP contribution in [0.4, 0.5) is 24.5 Å². The van der Waals surface area contributed by atoms with Gasteiger partial charge in [-0.15, -0.1) is 0 Å². The third-order valence-corrected chi connectivity index (χ3v) is 3.36. The molecule has 0 heterocycles. The van der Waals surface area contributed by atoms with E-state index in [4.69, 9.17) is 11.6 Å². The van der Waals surface area contributed by atoms with Crippen molar-refractivity contribution < 1.29 is 18.1 Å². The molecule has 0 bridgehead atoms. The summed E-state index contributed by atoms with van der Waals surface area (Å²) in [4.78, 5) is 10.4. The molecule has 0 amide bonds. The Bertz CT molecular complexity index is 807. The number of anilines is 1. The molecule has 0 unspecified atom stereocenters. The lowest BCUT2D eigenvalue weighted by Gasteiger charge is -2.08. The van der Waals surface area contributed by atoms with Crippen LogP contribution in [-0.4, -0.2) is 10.1 Å². The summed E-state index contributed by atoms with van der Waals surface area (Å²) in [6.07, 6.45) is -4.50. The Morgan fingerprint density at radius 2 is 1.96 bits per heavy atom. The molecule has 2 aromatic rings. The van der Waals surface area contributed by atoms with Gasteiger partial charge in [0.1, 0.15) is 5.69 Å². The fourth-order valence-corrected chi connectivity index (χ4v) is 2.04. The van der Waals surface area contributed by atoms with Gasteiger partial charge in [-0.1, -0.05) is 29.8 Å². The van der Waals surface area contributed by atoms with Crippen molar-refractivity contribution in [3.63, 3.8) is 0 Å². The zero-order valence-corrected chi connectivity index (χ0v) is 13.0. The van der Waals surface area contributed by atoms with Gasteiger partial charge < -0.3 is 0 Å². The first-order valence-corrected chi connectivity index (χ1v) is 6.98. The maximum Gasteiger partial charge on any atom is 0.416 e. The third-order valence-electron chi connectivity index (χ3n) is 3.05. The molecular weight excluding hydrogens is 347 g/mol. The van der Waals surface area contributed by atoms with E-state index in [-0.39, 0.29) is 22.1 Å². The molecule has 0 aliphatic carbocycles. The molecule has 2 aromatic carbocycles. The SMILES string of the molecule is Cc1ccc(NN=C(Cl)c2cccc(C(F)(F)F)c2)c([N+](=O)[O-])c1. The first-order chi connectivity index (χ1) is 11.2. The molecule has 126 valence electrons. The van der Waals surface area contributed by atoms with Gasteiger partial charge in [0.15, 0.2) is 5.17 Å². The Morgan fingerprint density at radius 1 is 1.25 bits per heavy atom. The van der Waals surface area contributed by atoms with Crippen LogP contribution in [0.15, 0.2) is 47.6 Å². The molecule has 1 N–H and O–H groups in total. The first-order valence-electron chi connectivity index (χ1n) is 6.60. The highest BCUT2D eigenvalue weighted by Gasteiger charge is 2.30. The van der Waals surface area contributed by atoms with Crippen molar-refractivity contribution in [2.75, 3.05) is 5.43 Å². The van der Waals surface area contributed by atoms with E-state index in [0.29, 0.717) is 5.56 Å². The maximum absolute atomic E-state index is 12.7. The van der Waals surface area contributed by atoms with E-state index in [0.717, 1.165) is 12.1 Å². The minimum absolute atomic E-state index is 0.0359. The van der Waals surface area contributed by atoms with Crippen molar-refractivity contribution >= 4 is 28.1 Å². The molecule has 24 heavy (non-hydrogen) atoms. The molecule has 0 fully saturated rings. The van der Waals surface area contributed by atoms with Crippen molar-refractivity contribution in [3.05, 3.63) is 69.3 Å². The second-order valence-electron chi connectivity index (χ2n) is 4.87. The lowest BCUT2D eigenvalue weighted by Crippen LogP contribution is -2.06. The zero-order chi connectivity index (χ0) is 17.9. The Balaban J connectivity index is 2.29. The summed E-state index contributed by atoms with van der Waals surface area (Å²) in [5.74, 6) is 0. The van der Waals surface area contributed by atoms with Crippen LogP contribution < -0.4 is 5.43 Å². The molecule has 0 radical (unpaired) electrons. The first kappa shape index (κ1) is 17.7. The quantitative estimate of drug-likeness (QED) is 0.479. The number of hydrazone groups is 1. The van der Waals surface area contributed by atoms with Gasteiger partial charge in [0.25, 0.3) is 5.69 Å². The second-order valence-corrected chi connectivity index (χ2v) is 5.23.